The minimum atomic E-state index is -0.626. The van der Waals surface area contributed by atoms with E-state index in [1.807, 2.05) is 0 Å². The van der Waals surface area contributed by atoms with Crippen molar-refractivity contribution in [2.45, 2.75) is 32.0 Å². The van der Waals surface area contributed by atoms with Crippen LogP contribution in [-0.4, -0.2) is 16.0 Å². The zero-order valence-corrected chi connectivity index (χ0v) is 11.9. The Balaban J connectivity index is 1.44. The maximum Gasteiger partial charge on any atom is 0.281 e. The molecular weight excluding hydrogens is 288 g/mol. The van der Waals surface area contributed by atoms with E-state index in [1.54, 1.807) is 0 Å². The number of nitro groups is 2. The van der Waals surface area contributed by atoms with Crippen LogP contribution in [0.5, 0.6) is 0 Å². The standard InChI is InChI=1S/C15H16N2O5/c18-16(19)9-2-1-8(13(5-9)17(20)21)7-22-14-6-12-10-3-4-11(10)15(12)14/h1-2,5,10-12,14-15H,3-4,6-7H2/t10-,11-,12-,14+,15-/m0/s1. The van der Waals surface area contributed by atoms with Gasteiger partial charge in [0.1, 0.15) is 0 Å². The second kappa shape index (κ2) is 4.74. The molecular formula is C15H16N2O5. The van der Waals surface area contributed by atoms with Crippen molar-refractivity contribution in [3.05, 3.63) is 44.0 Å². The van der Waals surface area contributed by atoms with Crippen LogP contribution in [0.3, 0.4) is 0 Å². The summed E-state index contributed by atoms with van der Waals surface area (Å²) in [4.78, 5) is 20.6. The normalized spacial score (nSPS) is 34.5. The number of nitrogens with zero attached hydrogens (tertiary/aromatic N) is 2. The van der Waals surface area contributed by atoms with Crippen molar-refractivity contribution in [3.8, 4) is 0 Å². The SMILES string of the molecule is O=[N+]([O-])c1ccc(CO[C@@H]2C[C@H]3[C@H]4CC[C@@H]4[C@@H]32)c([N+](=O)[O-])c1. The lowest BCUT2D eigenvalue weighted by Crippen LogP contribution is -2.65. The molecule has 0 bridgehead atoms. The first-order chi connectivity index (χ1) is 10.6. The molecule has 0 aliphatic heterocycles. The van der Waals surface area contributed by atoms with Crippen molar-refractivity contribution < 1.29 is 14.6 Å². The highest BCUT2D eigenvalue weighted by atomic mass is 16.6. The highest BCUT2D eigenvalue weighted by molar-refractivity contribution is 5.48. The van der Waals surface area contributed by atoms with E-state index in [4.69, 9.17) is 4.74 Å². The zero-order valence-electron chi connectivity index (χ0n) is 11.9. The zero-order chi connectivity index (χ0) is 15.4. The second-order valence-corrected chi connectivity index (χ2v) is 6.56. The fourth-order valence-electron chi connectivity index (χ4n) is 4.47. The van der Waals surface area contributed by atoms with Crippen molar-refractivity contribution >= 4 is 11.4 Å². The molecule has 3 aliphatic carbocycles. The molecule has 116 valence electrons. The van der Waals surface area contributed by atoms with Crippen LogP contribution in [0, 0.1) is 43.9 Å². The lowest BCUT2D eigenvalue weighted by atomic mass is 9.38. The lowest BCUT2D eigenvalue weighted by molar-refractivity contribution is -0.394. The first-order valence-corrected chi connectivity index (χ1v) is 7.59. The summed E-state index contributed by atoms with van der Waals surface area (Å²) < 4.78 is 5.87. The van der Waals surface area contributed by atoms with Gasteiger partial charge >= 0.3 is 0 Å². The van der Waals surface area contributed by atoms with E-state index in [1.165, 1.54) is 25.0 Å². The Kier molecular flexibility index (Phi) is 2.94. The van der Waals surface area contributed by atoms with Crippen LogP contribution in [0.25, 0.3) is 0 Å². The molecule has 0 N–H and O–H groups in total. The molecule has 0 saturated heterocycles. The van der Waals surface area contributed by atoms with Crippen molar-refractivity contribution in [2.24, 2.45) is 23.7 Å². The molecule has 1 aromatic rings. The van der Waals surface area contributed by atoms with Crippen LogP contribution in [0.2, 0.25) is 0 Å². The van der Waals surface area contributed by atoms with Gasteiger partial charge in [0.15, 0.2) is 0 Å². The highest BCUT2D eigenvalue weighted by Crippen LogP contribution is 2.67. The fraction of sp³-hybridized carbons (Fsp3) is 0.600. The minimum absolute atomic E-state index is 0.152. The van der Waals surface area contributed by atoms with E-state index in [9.17, 15) is 20.2 Å². The number of fused-ring (bicyclic) bond motifs is 4. The number of hydrogen-bond acceptors (Lipinski definition) is 5. The number of benzene rings is 1. The molecule has 0 heterocycles. The van der Waals surface area contributed by atoms with Gasteiger partial charge in [0, 0.05) is 6.07 Å². The third-order valence-electron chi connectivity index (χ3n) is 5.79. The van der Waals surface area contributed by atoms with Crippen molar-refractivity contribution in [1.82, 2.24) is 0 Å². The van der Waals surface area contributed by atoms with Gasteiger partial charge < -0.3 is 4.74 Å². The number of ether oxygens (including phenoxy) is 1. The third kappa shape index (κ3) is 1.85. The molecule has 3 fully saturated rings. The average molecular weight is 304 g/mol. The fourth-order valence-corrected chi connectivity index (χ4v) is 4.47. The first-order valence-electron chi connectivity index (χ1n) is 7.59. The molecule has 4 rings (SSSR count). The molecule has 0 unspecified atom stereocenters. The molecule has 3 saturated carbocycles. The van der Waals surface area contributed by atoms with Crippen molar-refractivity contribution in [1.29, 1.82) is 0 Å². The summed E-state index contributed by atoms with van der Waals surface area (Å²) in [7, 11) is 0. The average Bonchev–Trinajstić information content (AvgIpc) is 2.46. The van der Waals surface area contributed by atoms with Crippen LogP contribution in [0.4, 0.5) is 11.4 Å². The Morgan fingerprint density at radius 1 is 1.09 bits per heavy atom. The summed E-state index contributed by atoms with van der Waals surface area (Å²) in [6, 6.07) is 3.73. The molecule has 0 aromatic heterocycles. The molecule has 3 aliphatic rings. The Labute approximate surface area is 126 Å². The van der Waals surface area contributed by atoms with Crippen molar-refractivity contribution in [3.63, 3.8) is 0 Å². The molecule has 0 spiro atoms. The maximum absolute atomic E-state index is 11.1. The van der Waals surface area contributed by atoms with Gasteiger partial charge in [-0.3, -0.25) is 20.2 Å². The van der Waals surface area contributed by atoms with E-state index < -0.39 is 9.85 Å². The Morgan fingerprint density at radius 3 is 2.45 bits per heavy atom. The predicted octanol–water partition coefficient (Wildman–Crippen LogP) is 3.06. The molecule has 0 amide bonds. The summed E-state index contributed by atoms with van der Waals surface area (Å²) in [6.07, 6.45) is 3.92. The van der Waals surface area contributed by atoms with Crippen LogP contribution in [0.15, 0.2) is 18.2 Å². The summed E-state index contributed by atoms with van der Waals surface area (Å²) in [5, 5.41) is 21.8. The Hall–Kier alpha value is -2.02. The van der Waals surface area contributed by atoms with Crippen LogP contribution < -0.4 is 0 Å². The molecule has 0 radical (unpaired) electrons. The van der Waals surface area contributed by atoms with E-state index >= 15 is 0 Å². The van der Waals surface area contributed by atoms with E-state index in [2.05, 4.69) is 0 Å². The van der Waals surface area contributed by atoms with Gasteiger partial charge in [-0.25, -0.2) is 0 Å². The summed E-state index contributed by atoms with van der Waals surface area (Å²) in [5.41, 5.74) is -0.0980. The van der Waals surface area contributed by atoms with E-state index in [0.29, 0.717) is 11.5 Å². The maximum atomic E-state index is 11.1. The first kappa shape index (κ1) is 13.6. The van der Waals surface area contributed by atoms with Gasteiger partial charge in [0.05, 0.1) is 34.2 Å². The van der Waals surface area contributed by atoms with Gasteiger partial charge in [-0.2, -0.15) is 0 Å². The van der Waals surface area contributed by atoms with Gasteiger partial charge in [-0.05, 0) is 49.0 Å². The number of rotatable bonds is 5. The topological polar surface area (TPSA) is 95.5 Å². The Morgan fingerprint density at radius 2 is 1.86 bits per heavy atom. The van der Waals surface area contributed by atoms with E-state index in [-0.39, 0.29) is 24.1 Å². The predicted molar refractivity (Wildman–Crippen MR) is 76.1 cm³/mol. The monoisotopic (exact) mass is 304 g/mol. The summed E-state index contributed by atoms with van der Waals surface area (Å²) in [5.74, 6) is 3.20. The minimum Gasteiger partial charge on any atom is -0.373 e. The third-order valence-corrected chi connectivity index (χ3v) is 5.79. The lowest BCUT2D eigenvalue weighted by Gasteiger charge is -2.68. The molecule has 22 heavy (non-hydrogen) atoms. The summed E-state index contributed by atoms with van der Waals surface area (Å²) in [6.45, 7) is 0.152. The molecule has 7 heteroatoms. The molecule has 1 aromatic carbocycles. The van der Waals surface area contributed by atoms with Crippen LogP contribution in [-0.2, 0) is 11.3 Å². The number of hydrogen-bond donors (Lipinski definition) is 0. The summed E-state index contributed by atoms with van der Waals surface area (Å²) >= 11 is 0. The second-order valence-electron chi connectivity index (χ2n) is 6.56. The van der Waals surface area contributed by atoms with Crippen LogP contribution >= 0.6 is 0 Å². The van der Waals surface area contributed by atoms with Crippen LogP contribution in [0.1, 0.15) is 24.8 Å². The highest BCUT2D eigenvalue weighted by Gasteiger charge is 2.64. The van der Waals surface area contributed by atoms with Gasteiger partial charge in [0.2, 0.25) is 0 Å². The Bertz CT molecular complexity index is 655. The van der Waals surface area contributed by atoms with Gasteiger partial charge in [0.25, 0.3) is 11.4 Å². The number of non-ortho nitro benzene ring substituents is 1. The number of nitro benzene ring substituents is 2. The van der Waals surface area contributed by atoms with E-state index in [0.717, 1.165) is 30.2 Å². The van der Waals surface area contributed by atoms with Gasteiger partial charge in [-0.15, -0.1) is 0 Å². The molecule has 5 atom stereocenters. The van der Waals surface area contributed by atoms with Gasteiger partial charge in [-0.1, -0.05) is 0 Å². The van der Waals surface area contributed by atoms with Crippen molar-refractivity contribution in [2.75, 3.05) is 0 Å². The largest absolute Gasteiger partial charge is 0.373 e. The molecule has 7 nitrogen and oxygen atoms in total. The smallest absolute Gasteiger partial charge is 0.281 e. The quantitative estimate of drug-likeness (QED) is 0.615.